The van der Waals surface area contributed by atoms with Crippen LogP contribution in [0.3, 0.4) is 0 Å². The number of carbonyl (C=O) groups excluding carboxylic acids is 1. The van der Waals surface area contributed by atoms with Gasteiger partial charge in [-0.25, -0.2) is 0 Å². The van der Waals surface area contributed by atoms with E-state index in [9.17, 15) is 4.79 Å². The normalized spacial score (nSPS) is 16.0. The van der Waals surface area contributed by atoms with Gasteiger partial charge in [0.25, 0.3) is 0 Å². The third kappa shape index (κ3) is 3.38. The van der Waals surface area contributed by atoms with E-state index in [-0.39, 0.29) is 12.0 Å². The first-order valence-corrected chi connectivity index (χ1v) is 7.93. The number of ether oxygens (including phenoxy) is 2. The zero-order valence-electron chi connectivity index (χ0n) is 12.4. The predicted octanol–water partition coefficient (Wildman–Crippen LogP) is 3.94. The fraction of sp³-hybridized carbons (Fsp3) is 0.235. The number of hydrogen-bond acceptors (Lipinski definition) is 3. The summed E-state index contributed by atoms with van der Waals surface area (Å²) >= 11 is 12.6. The van der Waals surface area contributed by atoms with Gasteiger partial charge in [-0.1, -0.05) is 41.4 Å². The summed E-state index contributed by atoms with van der Waals surface area (Å²) in [4.78, 5) is 11.1. The van der Waals surface area contributed by atoms with E-state index in [0.717, 1.165) is 5.56 Å². The number of rotatable bonds is 3. The minimum atomic E-state index is -0.270. The van der Waals surface area contributed by atoms with Crippen molar-refractivity contribution < 1.29 is 14.3 Å². The molecule has 23 heavy (non-hydrogen) atoms. The molecule has 0 spiro atoms. The molecular formula is C17H15Cl2NO3. The van der Waals surface area contributed by atoms with Crippen molar-refractivity contribution in [3.05, 3.63) is 46.4 Å². The van der Waals surface area contributed by atoms with Gasteiger partial charge in [0.1, 0.15) is 12.7 Å². The van der Waals surface area contributed by atoms with Crippen molar-refractivity contribution in [3.63, 3.8) is 0 Å². The zero-order chi connectivity index (χ0) is 16.4. The molecule has 120 valence electrons. The van der Waals surface area contributed by atoms with E-state index in [1.165, 1.54) is 6.92 Å². The Labute approximate surface area is 144 Å². The standard InChI is InChI=1S/C17H15Cl2NO3/c1-10(21)20-8-11-9-22-15-7-2-4-12(17(15)23-11)16-13(18)5-3-6-14(16)19/h2-7,11H,8-9H2,1H3,(H,20,21). The first kappa shape index (κ1) is 16.0. The maximum atomic E-state index is 11.1. The zero-order valence-corrected chi connectivity index (χ0v) is 13.9. The first-order chi connectivity index (χ1) is 11.1. The van der Waals surface area contributed by atoms with Crippen molar-refractivity contribution in [1.29, 1.82) is 0 Å². The molecule has 0 fully saturated rings. The van der Waals surface area contributed by atoms with Gasteiger partial charge in [-0.2, -0.15) is 0 Å². The number of para-hydroxylation sites is 1. The molecule has 0 bridgehead atoms. The molecule has 0 saturated heterocycles. The average molecular weight is 352 g/mol. The van der Waals surface area contributed by atoms with Crippen LogP contribution < -0.4 is 14.8 Å². The average Bonchev–Trinajstić information content (AvgIpc) is 2.53. The maximum Gasteiger partial charge on any atom is 0.217 e. The molecule has 0 aliphatic carbocycles. The molecule has 3 rings (SSSR count). The number of fused-ring (bicyclic) bond motifs is 1. The summed E-state index contributed by atoms with van der Waals surface area (Å²) in [5.41, 5.74) is 1.47. The second-order valence-corrected chi connectivity index (χ2v) is 6.03. The molecule has 1 atom stereocenters. The summed E-state index contributed by atoms with van der Waals surface area (Å²) in [6.45, 7) is 2.21. The third-order valence-electron chi connectivity index (χ3n) is 3.50. The molecule has 1 amide bonds. The van der Waals surface area contributed by atoms with Crippen molar-refractivity contribution in [3.8, 4) is 22.6 Å². The fourth-order valence-corrected chi connectivity index (χ4v) is 3.05. The monoisotopic (exact) mass is 351 g/mol. The van der Waals surface area contributed by atoms with Crippen LogP contribution in [0.4, 0.5) is 0 Å². The number of carbonyl (C=O) groups is 1. The molecule has 1 aliphatic heterocycles. The highest BCUT2D eigenvalue weighted by Crippen LogP contribution is 2.45. The molecule has 4 nitrogen and oxygen atoms in total. The second-order valence-electron chi connectivity index (χ2n) is 5.22. The van der Waals surface area contributed by atoms with Gasteiger partial charge in [-0.05, 0) is 18.2 Å². The Balaban J connectivity index is 1.97. The van der Waals surface area contributed by atoms with E-state index in [4.69, 9.17) is 32.7 Å². The summed E-state index contributed by atoms with van der Waals surface area (Å²) in [5.74, 6) is 1.11. The van der Waals surface area contributed by atoms with Crippen LogP contribution in [-0.2, 0) is 4.79 Å². The predicted molar refractivity (Wildman–Crippen MR) is 90.5 cm³/mol. The molecular weight excluding hydrogens is 337 g/mol. The lowest BCUT2D eigenvalue weighted by Crippen LogP contribution is -2.40. The minimum Gasteiger partial charge on any atom is -0.486 e. The third-order valence-corrected chi connectivity index (χ3v) is 4.13. The van der Waals surface area contributed by atoms with Crippen molar-refractivity contribution in [2.45, 2.75) is 13.0 Å². The Bertz CT molecular complexity index is 728. The number of halogens is 2. The van der Waals surface area contributed by atoms with Crippen LogP contribution in [0.2, 0.25) is 10.0 Å². The van der Waals surface area contributed by atoms with Crippen LogP contribution in [0.15, 0.2) is 36.4 Å². The Morgan fingerprint density at radius 3 is 2.61 bits per heavy atom. The number of hydrogen-bond donors (Lipinski definition) is 1. The van der Waals surface area contributed by atoms with E-state index in [2.05, 4.69) is 5.32 Å². The number of nitrogens with one attached hydrogen (secondary N) is 1. The number of benzene rings is 2. The molecule has 1 N–H and O–H groups in total. The first-order valence-electron chi connectivity index (χ1n) is 7.17. The van der Waals surface area contributed by atoms with Crippen molar-refractivity contribution in [1.82, 2.24) is 5.32 Å². The van der Waals surface area contributed by atoms with Crippen LogP contribution in [0, 0.1) is 0 Å². The van der Waals surface area contributed by atoms with Gasteiger partial charge in [-0.15, -0.1) is 0 Å². The summed E-state index contributed by atoms with van der Waals surface area (Å²) < 4.78 is 11.8. The summed E-state index contributed by atoms with van der Waals surface area (Å²) in [6, 6.07) is 10.9. The molecule has 0 radical (unpaired) electrons. The number of amides is 1. The highest BCUT2D eigenvalue weighted by atomic mass is 35.5. The molecule has 6 heteroatoms. The lowest BCUT2D eigenvalue weighted by atomic mass is 10.0. The SMILES string of the molecule is CC(=O)NCC1COc2cccc(-c3c(Cl)cccc3Cl)c2O1. The van der Waals surface area contributed by atoms with Crippen LogP contribution in [0.1, 0.15) is 6.92 Å². The van der Waals surface area contributed by atoms with Crippen molar-refractivity contribution >= 4 is 29.1 Å². The van der Waals surface area contributed by atoms with Gasteiger partial charge in [0, 0.05) is 18.1 Å². The van der Waals surface area contributed by atoms with Gasteiger partial charge < -0.3 is 14.8 Å². The Morgan fingerprint density at radius 1 is 1.22 bits per heavy atom. The lowest BCUT2D eigenvalue weighted by Gasteiger charge is -2.28. The van der Waals surface area contributed by atoms with Crippen LogP contribution >= 0.6 is 23.2 Å². The van der Waals surface area contributed by atoms with Crippen LogP contribution in [0.5, 0.6) is 11.5 Å². The highest BCUT2D eigenvalue weighted by Gasteiger charge is 2.25. The molecule has 0 saturated carbocycles. The highest BCUT2D eigenvalue weighted by molar-refractivity contribution is 6.39. The quantitative estimate of drug-likeness (QED) is 0.910. The van der Waals surface area contributed by atoms with E-state index >= 15 is 0 Å². The van der Waals surface area contributed by atoms with Gasteiger partial charge >= 0.3 is 0 Å². The topological polar surface area (TPSA) is 47.6 Å². The largest absolute Gasteiger partial charge is 0.486 e. The second kappa shape index (κ2) is 6.69. The van der Waals surface area contributed by atoms with Crippen LogP contribution in [0.25, 0.3) is 11.1 Å². The van der Waals surface area contributed by atoms with Gasteiger partial charge in [0.2, 0.25) is 5.91 Å². The van der Waals surface area contributed by atoms with Gasteiger partial charge in [0.15, 0.2) is 11.5 Å². The maximum absolute atomic E-state index is 11.1. The van der Waals surface area contributed by atoms with Crippen LogP contribution in [-0.4, -0.2) is 25.2 Å². The minimum absolute atomic E-state index is 0.109. The Hall–Kier alpha value is -1.91. The van der Waals surface area contributed by atoms with Crippen molar-refractivity contribution in [2.75, 3.05) is 13.2 Å². The molecule has 1 unspecified atom stereocenters. The van der Waals surface area contributed by atoms with Crippen molar-refractivity contribution in [2.24, 2.45) is 0 Å². The molecule has 1 heterocycles. The molecule has 1 aliphatic rings. The smallest absolute Gasteiger partial charge is 0.217 e. The molecule has 0 aromatic heterocycles. The summed E-state index contributed by atoms with van der Waals surface area (Å²) in [7, 11) is 0. The van der Waals surface area contributed by atoms with Gasteiger partial charge in [-0.3, -0.25) is 4.79 Å². The Morgan fingerprint density at radius 2 is 1.91 bits per heavy atom. The van der Waals surface area contributed by atoms with Gasteiger partial charge in [0.05, 0.1) is 16.6 Å². The molecule has 2 aromatic carbocycles. The fourth-order valence-electron chi connectivity index (χ4n) is 2.44. The van der Waals surface area contributed by atoms with E-state index < -0.39 is 0 Å². The van der Waals surface area contributed by atoms with E-state index in [1.807, 2.05) is 18.2 Å². The molecule has 2 aromatic rings. The van der Waals surface area contributed by atoms with E-state index in [1.54, 1.807) is 18.2 Å². The Kier molecular flexibility index (Phi) is 4.64. The van der Waals surface area contributed by atoms with E-state index in [0.29, 0.717) is 40.3 Å². The lowest BCUT2D eigenvalue weighted by molar-refractivity contribution is -0.119. The summed E-state index contributed by atoms with van der Waals surface area (Å²) in [5, 5.41) is 3.81. The summed E-state index contributed by atoms with van der Waals surface area (Å²) in [6.07, 6.45) is -0.270.